The minimum absolute atomic E-state index is 0. The number of nitrogens with one attached hydrogen (secondary N) is 1. The molecule has 3 saturated carbocycles. The maximum absolute atomic E-state index is 3.84. The van der Waals surface area contributed by atoms with Crippen LogP contribution in [0.1, 0.15) is 133 Å². The molecular formula is C32H61N. The standard InChI is InChI=1S/C30H53N.2CH4/c1-7-19-31-24-15-17-29(5)23(20-24)11-12-25-27-14-13-26(22(4)10-8-9-21(2)3)30(27,6)18-16-28(25)29;;/h11,21-22,24-28,31H,7-10,12-20H2,1-6H3;2*1H4/t22-,24+,25+,26?,27+,28?,29?,30?;;/m1../s1. The summed E-state index contributed by atoms with van der Waals surface area (Å²) in [6, 6.07) is 0.743. The Balaban J connectivity index is 0.00000193. The van der Waals surface area contributed by atoms with Crippen LogP contribution in [-0.4, -0.2) is 12.6 Å². The first kappa shape index (κ1) is 28.9. The molecule has 0 spiro atoms. The number of allylic oxidation sites excluding steroid dienone is 1. The summed E-state index contributed by atoms with van der Waals surface area (Å²) >= 11 is 0. The van der Waals surface area contributed by atoms with E-state index in [2.05, 4.69) is 52.9 Å². The normalized spacial score (nSPS) is 40.6. The Labute approximate surface area is 209 Å². The quantitative estimate of drug-likeness (QED) is 0.356. The minimum atomic E-state index is 0. The Kier molecular flexibility index (Phi) is 10.2. The van der Waals surface area contributed by atoms with E-state index in [1.165, 1.54) is 83.6 Å². The molecule has 3 fully saturated rings. The van der Waals surface area contributed by atoms with Crippen molar-refractivity contribution in [2.75, 3.05) is 6.54 Å². The lowest BCUT2D eigenvalue weighted by Gasteiger charge is -2.58. The van der Waals surface area contributed by atoms with Crippen LogP contribution in [0.3, 0.4) is 0 Å². The molecule has 4 aliphatic carbocycles. The summed E-state index contributed by atoms with van der Waals surface area (Å²) in [6.07, 6.45) is 20.0. The second kappa shape index (κ2) is 11.6. The van der Waals surface area contributed by atoms with Gasteiger partial charge in [0.15, 0.2) is 0 Å². The van der Waals surface area contributed by atoms with Crippen LogP contribution in [0.25, 0.3) is 0 Å². The molecule has 8 atom stereocenters. The third-order valence-electron chi connectivity index (χ3n) is 11.0. The Bertz CT molecular complexity index is 634. The summed E-state index contributed by atoms with van der Waals surface area (Å²) in [5.41, 5.74) is 2.98. The van der Waals surface area contributed by atoms with Crippen LogP contribution in [0.2, 0.25) is 0 Å². The Morgan fingerprint density at radius 3 is 2.42 bits per heavy atom. The highest BCUT2D eigenvalue weighted by Crippen LogP contribution is 2.67. The average molecular weight is 460 g/mol. The van der Waals surface area contributed by atoms with Crippen LogP contribution >= 0.6 is 0 Å². The molecule has 0 amide bonds. The van der Waals surface area contributed by atoms with Crippen LogP contribution in [0.15, 0.2) is 11.6 Å². The molecular weight excluding hydrogens is 398 g/mol. The lowest BCUT2D eigenvalue weighted by atomic mass is 9.47. The first-order valence-electron chi connectivity index (χ1n) is 14.2. The summed E-state index contributed by atoms with van der Waals surface area (Å²) < 4.78 is 0. The molecule has 4 aliphatic rings. The molecule has 0 saturated heterocycles. The summed E-state index contributed by atoms with van der Waals surface area (Å²) in [7, 11) is 0. The SMILES string of the molecule is C.C.CCCN[C@H]1CCC2(C)C(=CC[C@@H]3C2CCC2(C)C([C@H](C)CCCC(C)C)CC[C@@H]32)C1. The van der Waals surface area contributed by atoms with E-state index in [0.717, 1.165) is 41.5 Å². The molecule has 4 rings (SSSR count). The van der Waals surface area contributed by atoms with Gasteiger partial charge in [0.2, 0.25) is 0 Å². The molecule has 0 radical (unpaired) electrons. The summed E-state index contributed by atoms with van der Waals surface area (Å²) in [5.74, 6) is 5.71. The van der Waals surface area contributed by atoms with Crippen molar-refractivity contribution < 1.29 is 0 Å². The van der Waals surface area contributed by atoms with Gasteiger partial charge in [-0.1, -0.05) is 87.3 Å². The Hall–Kier alpha value is -0.300. The van der Waals surface area contributed by atoms with Crippen LogP contribution in [-0.2, 0) is 0 Å². The maximum Gasteiger partial charge on any atom is 0.0105 e. The molecule has 0 aromatic heterocycles. The molecule has 0 aliphatic heterocycles. The van der Waals surface area contributed by atoms with Gasteiger partial charge in [-0.2, -0.15) is 0 Å². The van der Waals surface area contributed by atoms with Gasteiger partial charge in [0.25, 0.3) is 0 Å². The highest BCUT2D eigenvalue weighted by Gasteiger charge is 2.59. The van der Waals surface area contributed by atoms with Crippen molar-refractivity contribution in [1.82, 2.24) is 5.32 Å². The second-order valence-electron chi connectivity index (χ2n) is 13.2. The van der Waals surface area contributed by atoms with Crippen LogP contribution in [0.4, 0.5) is 0 Å². The summed E-state index contributed by atoms with van der Waals surface area (Å²) in [5, 5.41) is 3.84. The zero-order valence-corrected chi connectivity index (χ0v) is 21.8. The van der Waals surface area contributed by atoms with Gasteiger partial charge in [-0.25, -0.2) is 0 Å². The monoisotopic (exact) mass is 459 g/mol. The molecule has 0 bridgehead atoms. The van der Waals surface area contributed by atoms with Crippen molar-refractivity contribution in [3.05, 3.63) is 11.6 Å². The fourth-order valence-corrected chi connectivity index (χ4v) is 9.21. The predicted octanol–water partition coefficient (Wildman–Crippen LogP) is 9.67. The summed E-state index contributed by atoms with van der Waals surface area (Å²) in [4.78, 5) is 0. The number of hydrogen-bond acceptors (Lipinski definition) is 1. The van der Waals surface area contributed by atoms with Crippen LogP contribution in [0, 0.1) is 46.3 Å². The Morgan fingerprint density at radius 1 is 0.970 bits per heavy atom. The van der Waals surface area contributed by atoms with Crippen molar-refractivity contribution in [1.29, 1.82) is 0 Å². The third-order valence-corrected chi connectivity index (χ3v) is 11.0. The zero-order valence-electron chi connectivity index (χ0n) is 21.8. The van der Waals surface area contributed by atoms with Crippen molar-refractivity contribution in [2.45, 2.75) is 139 Å². The molecule has 1 N–H and O–H groups in total. The van der Waals surface area contributed by atoms with E-state index in [9.17, 15) is 0 Å². The molecule has 1 heteroatoms. The van der Waals surface area contributed by atoms with Gasteiger partial charge in [0.05, 0.1) is 0 Å². The molecule has 0 heterocycles. The van der Waals surface area contributed by atoms with Crippen molar-refractivity contribution >= 4 is 0 Å². The molecule has 1 nitrogen and oxygen atoms in total. The number of fused-ring (bicyclic) bond motifs is 5. The first-order chi connectivity index (χ1) is 14.8. The second-order valence-corrected chi connectivity index (χ2v) is 13.2. The van der Waals surface area contributed by atoms with Gasteiger partial charge in [-0.05, 0) is 111 Å². The number of rotatable bonds is 8. The van der Waals surface area contributed by atoms with E-state index < -0.39 is 0 Å². The van der Waals surface area contributed by atoms with Crippen LogP contribution < -0.4 is 5.32 Å². The van der Waals surface area contributed by atoms with E-state index >= 15 is 0 Å². The fourth-order valence-electron chi connectivity index (χ4n) is 9.21. The van der Waals surface area contributed by atoms with Gasteiger partial charge in [0, 0.05) is 6.04 Å². The van der Waals surface area contributed by atoms with E-state index in [1.807, 2.05) is 5.57 Å². The van der Waals surface area contributed by atoms with Gasteiger partial charge in [-0.15, -0.1) is 0 Å². The molecule has 0 aromatic rings. The number of hydrogen-bond donors (Lipinski definition) is 1. The zero-order chi connectivity index (χ0) is 22.2. The maximum atomic E-state index is 3.84. The lowest BCUT2D eigenvalue weighted by Crippen LogP contribution is -2.51. The lowest BCUT2D eigenvalue weighted by molar-refractivity contribution is -0.0514. The van der Waals surface area contributed by atoms with Gasteiger partial charge < -0.3 is 5.32 Å². The van der Waals surface area contributed by atoms with Crippen molar-refractivity contribution in [2.24, 2.45) is 46.3 Å². The Morgan fingerprint density at radius 2 is 1.73 bits per heavy atom. The average Bonchev–Trinajstić information content (AvgIpc) is 3.09. The predicted molar refractivity (Wildman–Crippen MR) is 149 cm³/mol. The highest BCUT2D eigenvalue weighted by atomic mass is 14.9. The van der Waals surface area contributed by atoms with Gasteiger partial charge in [0.1, 0.15) is 0 Å². The first-order valence-corrected chi connectivity index (χ1v) is 14.2. The molecule has 0 aromatic carbocycles. The smallest absolute Gasteiger partial charge is 0.0105 e. The molecule has 4 unspecified atom stereocenters. The minimum Gasteiger partial charge on any atom is -0.314 e. The van der Waals surface area contributed by atoms with E-state index in [-0.39, 0.29) is 14.9 Å². The highest BCUT2D eigenvalue weighted by molar-refractivity contribution is 5.26. The molecule has 33 heavy (non-hydrogen) atoms. The van der Waals surface area contributed by atoms with E-state index in [1.54, 1.807) is 0 Å². The van der Waals surface area contributed by atoms with Crippen molar-refractivity contribution in [3.8, 4) is 0 Å². The van der Waals surface area contributed by atoms with Crippen LogP contribution in [0.5, 0.6) is 0 Å². The van der Waals surface area contributed by atoms with Gasteiger partial charge in [-0.3, -0.25) is 0 Å². The van der Waals surface area contributed by atoms with Gasteiger partial charge >= 0.3 is 0 Å². The third kappa shape index (κ3) is 5.44. The largest absolute Gasteiger partial charge is 0.314 e. The van der Waals surface area contributed by atoms with E-state index in [0.29, 0.717) is 10.8 Å². The van der Waals surface area contributed by atoms with Crippen molar-refractivity contribution in [3.63, 3.8) is 0 Å². The topological polar surface area (TPSA) is 12.0 Å². The fraction of sp³-hybridized carbons (Fsp3) is 0.938. The van der Waals surface area contributed by atoms with E-state index in [4.69, 9.17) is 0 Å². The molecule has 194 valence electrons. The summed E-state index contributed by atoms with van der Waals surface area (Å²) in [6.45, 7) is 16.3.